The molecule has 0 saturated carbocycles. The van der Waals surface area contributed by atoms with Gasteiger partial charge in [-0.15, -0.1) is 0 Å². The van der Waals surface area contributed by atoms with Crippen molar-refractivity contribution >= 4 is 0 Å². The second-order valence-electron chi connectivity index (χ2n) is 2.24. The highest BCUT2D eigenvalue weighted by Crippen LogP contribution is 2.07. The molecule has 1 atom stereocenters. The molecule has 68 valence electrons. The molecule has 0 spiro atoms. The van der Waals surface area contributed by atoms with Crippen LogP contribution in [0, 0.1) is 6.92 Å². The maximum absolute atomic E-state index is 9.03. The summed E-state index contributed by atoms with van der Waals surface area (Å²) in [7, 11) is 0. The van der Waals surface area contributed by atoms with Gasteiger partial charge in [-0.25, -0.2) is 9.97 Å². The van der Waals surface area contributed by atoms with E-state index in [0.717, 1.165) is 11.4 Å². The van der Waals surface area contributed by atoms with Crippen LogP contribution in [0.25, 0.3) is 0 Å². The normalized spacial score (nSPS) is 11.4. The van der Waals surface area contributed by atoms with Crippen molar-refractivity contribution < 1.29 is 5.11 Å². The summed E-state index contributed by atoms with van der Waals surface area (Å²) in [4.78, 5) is 7.86. The molecule has 12 heavy (non-hydrogen) atoms. The molecule has 1 aromatic heterocycles. The van der Waals surface area contributed by atoms with Gasteiger partial charge >= 0.3 is 0 Å². The molecule has 0 fully saturated rings. The Kier molecular flexibility index (Phi) is 5.21. The largest absolute Gasteiger partial charge is 0.389 e. The van der Waals surface area contributed by atoms with E-state index in [2.05, 4.69) is 9.97 Å². The zero-order valence-electron chi connectivity index (χ0n) is 8.07. The molecule has 0 aliphatic rings. The smallest absolute Gasteiger partial charge is 0.125 e. The van der Waals surface area contributed by atoms with Crippen LogP contribution in [0.4, 0.5) is 0 Å². The van der Waals surface area contributed by atoms with E-state index in [0.29, 0.717) is 0 Å². The van der Waals surface area contributed by atoms with Gasteiger partial charge in [-0.05, 0) is 13.8 Å². The van der Waals surface area contributed by atoms with Gasteiger partial charge in [0, 0.05) is 18.0 Å². The Morgan fingerprint density at radius 2 is 1.67 bits per heavy atom. The first kappa shape index (κ1) is 11.0. The lowest BCUT2D eigenvalue weighted by atomic mass is 10.2. The average molecular weight is 168 g/mol. The summed E-state index contributed by atoms with van der Waals surface area (Å²) < 4.78 is 0. The summed E-state index contributed by atoms with van der Waals surface area (Å²) in [5.74, 6) is 0.726. The van der Waals surface area contributed by atoms with Gasteiger partial charge in [0.05, 0.1) is 6.10 Å². The molecule has 1 N–H and O–H groups in total. The first-order valence-electron chi connectivity index (χ1n) is 4.17. The van der Waals surface area contributed by atoms with Crippen LogP contribution in [0.3, 0.4) is 0 Å². The molecule has 1 aromatic rings. The molecule has 3 nitrogen and oxygen atoms in total. The fraction of sp³-hybridized carbons (Fsp3) is 0.556. The molecule has 0 aromatic carbocycles. The summed E-state index contributed by atoms with van der Waals surface area (Å²) in [6.07, 6.45) is 2.79. The molecule has 1 rings (SSSR count). The van der Waals surface area contributed by atoms with Crippen molar-refractivity contribution in [2.24, 2.45) is 0 Å². The first-order valence-corrected chi connectivity index (χ1v) is 4.17. The summed E-state index contributed by atoms with van der Waals surface area (Å²) in [6, 6.07) is 0. The van der Waals surface area contributed by atoms with E-state index >= 15 is 0 Å². The Balaban J connectivity index is 0.000000561. The second kappa shape index (κ2) is 5.66. The van der Waals surface area contributed by atoms with Crippen molar-refractivity contribution in [3.05, 3.63) is 23.8 Å². The lowest BCUT2D eigenvalue weighted by molar-refractivity contribution is 0.198. The summed E-state index contributed by atoms with van der Waals surface area (Å²) in [5.41, 5.74) is 0.755. The predicted octanol–water partition coefficient (Wildman–Crippen LogP) is 1.86. The molecular formula is C9H16N2O. The van der Waals surface area contributed by atoms with E-state index in [4.69, 9.17) is 5.11 Å². The van der Waals surface area contributed by atoms with Crippen molar-refractivity contribution in [2.75, 3.05) is 0 Å². The summed E-state index contributed by atoms with van der Waals surface area (Å²) in [5, 5.41) is 9.03. The van der Waals surface area contributed by atoms with E-state index in [1.165, 1.54) is 0 Å². The van der Waals surface area contributed by atoms with Crippen molar-refractivity contribution in [1.82, 2.24) is 9.97 Å². The minimum atomic E-state index is -0.472. The van der Waals surface area contributed by atoms with Crippen LogP contribution < -0.4 is 0 Å². The van der Waals surface area contributed by atoms with Crippen LogP contribution in [0.5, 0.6) is 0 Å². The van der Waals surface area contributed by atoms with Crippen molar-refractivity contribution in [3.63, 3.8) is 0 Å². The Hall–Kier alpha value is -0.960. The van der Waals surface area contributed by atoms with E-state index in [1.807, 2.05) is 20.8 Å². The lowest BCUT2D eigenvalue weighted by Gasteiger charge is -2.01. The van der Waals surface area contributed by atoms with E-state index < -0.39 is 6.10 Å². The van der Waals surface area contributed by atoms with Crippen molar-refractivity contribution in [3.8, 4) is 0 Å². The van der Waals surface area contributed by atoms with E-state index in [9.17, 15) is 0 Å². The molecule has 0 amide bonds. The third-order valence-corrected chi connectivity index (χ3v) is 1.28. The van der Waals surface area contributed by atoms with Gasteiger partial charge in [0.25, 0.3) is 0 Å². The predicted molar refractivity (Wildman–Crippen MR) is 48.8 cm³/mol. The topological polar surface area (TPSA) is 46.0 Å². The maximum Gasteiger partial charge on any atom is 0.125 e. The average Bonchev–Trinajstić information content (AvgIpc) is 2.09. The van der Waals surface area contributed by atoms with Crippen LogP contribution in [0.2, 0.25) is 0 Å². The Labute approximate surface area is 73.5 Å². The monoisotopic (exact) mass is 168 g/mol. The highest BCUT2D eigenvalue weighted by molar-refractivity contribution is 5.06. The van der Waals surface area contributed by atoms with Gasteiger partial charge in [0.2, 0.25) is 0 Å². The summed E-state index contributed by atoms with van der Waals surface area (Å²) >= 11 is 0. The number of aliphatic hydroxyl groups excluding tert-OH is 1. The standard InChI is InChI=1S/C7H10N2O.C2H6/c1-5(10)7-3-8-6(2)9-4-7;1-2/h3-5,10H,1-2H3;1-2H3. The number of aromatic nitrogens is 2. The summed E-state index contributed by atoms with van der Waals surface area (Å²) in [6.45, 7) is 7.50. The SMILES string of the molecule is CC.Cc1ncc(C(C)O)cn1. The molecule has 3 heteroatoms. The molecule has 0 radical (unpaired) electrons. The molecule has 0 aliphatic carbocycles. The number of nitrogens with zero attached hydrogens (tertiary/aromatic N) is 2. The van der Waals surface area contributed by atoms with Gasteiger partial charge in [-0.3, -0.25) is 0 Å². The molecule has 0 saturated heterocycles. The quantitative estimate of drug-likeness (QED) is 0.696. The number of hydrogen-bond acceptors (Lipinski definition) is 3. The van der Waals surface area contributed by atoms with Gasteiger partial charge in [0.15, 0.2) is 0 Å². The number of rotatable bonds is 1. The zero-order valence-corrected chi connectivity index (χ0v) is 8.07. The van der Waals surface area contributed by atoms with Crippen molar-refractivity contribution in [2.45, 2.75) is 33.8 Å². The second-order valence-corrected chi connectivity index (χ2v) is 2.24. The van der Waals surface area contributed by atoms with Crippen LogP contribution in [-0.2, 0) is 0 Å². The molecular weight excluding hydrogens is 152 g/mol. The van der Waals surface area contributed by atoms with Gasteiger partial charge in [0.1, 0.15) is 5.82 Å². The zero-order chi connectivity index (χ0) is 9.56. The Morgan fingerprint density at radius 3 is 2.00 bits per heavy atom. The van der Waals surface area contributed by atoms with Crippen molar-refractivity contribution in [1.29, 1.82) is 0 Å². The fourth-order valence-corrected chi connectivity index (χ4v) is 0.618. The van der Waals surface area contributed by atoms with E-state index in [-0.39, 0.29) is 0 Å². The Bertz CT molecular complexity index is 206. The maximum atomic E-state index is 9.03. The minimum Gasteiger partial charge on any atom is -0.389 e. The van der Waals surface area contributed by atoms with Crippen LogP contribution >= 0.6 is 0 Å². The minimum absolute atomic E-state index is 0.472. The fourth-order valence-electron chi connectivity index (χ4n) is 0.618. The molecule has 0 aliphatic heterocycles. The lowest BCUT2D eigenvalue weighted by Crippen LogP contribution is -1.94. The number of aliphatic hydroxyl groups is 1. The van der Waals surface area contributed by atoms with Crippen LogP contribution in [-0.4, -0.2) is 15.1 Å². The first-order chi connectivity index (χ1) is 5.70. The molecule has 0 bridgehead atoms. The van der Waals surface area contributed by atoms with Crippen LogP contribution in [0.1, 0.15) is 38.3 Å². The highest BCUT2D eigenvalue weighted by atomic mass is 16.3. The van der Waals surface area contributed by atoms with Crippen LogP contribution in [0.15, 0.2) is 12.4 Å². The third kappa shape index (κ3) is 3.44. The van der Waals surface area contributed by atoms with Gasteiger partial charge in [-0.1, -0.05) is 13.8 Å². The highest BCUT2D eigenvalue weighted by Gasteiger charge is 1.99. The van der Waals surface area contributed by atoms with Gasteiger partial charge in [-0.2, -0.15) is 0 Å². The third-order valence-electron chi connectivity index (χ3n) is 1.28. The number of hydrogen-bond donors (Lipinski definition) is 1. The number of aryl methyl sites for hydroxylation is 1. The van der Waals surface area contributed by atoms with E-state index in [1.54, 1.807) is 19.3 Å². The Morgan fingerprint density at radius 1 is 1.25 bits per heavy atom. The van der Waals surface area contributed by atoms with Gasteiger partial charge < -0.3 is 5.11 Å². The molecule has 1 heterocycles. The molecule has 1 unspecified atom stereocenters.